The van der Waals surface area contributed by atoms with Gasteiger partial charge in [0.1, 0.15) is 5.82 Å². The average molecular weight is 241 g/mol. The number of hydrogen-bond donors (Lipinski definition) is 2. The average Bonchev–Trinajstić information content (AvgIpc) is 2.38. The second kappa shape index (κ2) is 5.42. The SMILES string of the molecule is Cc1cccc(NC(=O)c2ccccc2CN)n1. The maximum atomic E-state index is 12.1. The standard InChI is InChI=1S/C14H15N3O/c1-10-5-4-8-13(16-10)17-14(18)12-7-3-2-6-11(12)9-15/h2-8H,9,15H2,1H3,(H,16,17,18). The van der Waals surface area contributed by atoms with E-state index < -0.39 is 0 Å². The van der Waals surface area contributed by atoms with Gasteiger partial charge in [0.15, 0.2) is 0 Å². The summed E-state index contributed by atoms with van der Waals surface area (Å²) in [5.74, 6) is 0.362. The summed E-state index contributed by atoms with van der Waals surface area (Å²) in [7, 11) is 0. The molecule has 4 heteroatoms. The number of aromatic nitrogens is 1. The number of nitrogens with one attached hydrogen (secondary N) is 1. The highest BCUT2D eigenvalue weighted by atomic mass is 16.1. The van der Waals surface area contributed by atoms with Crippen LogP contribution in [0.1, 0.15) is 21.6 Å². The topological polar surface area (TPSA) is 68.0 Å². The minimum absolute atomic E-state index is 0.186. The number of nitrogens with two attached hydrogens (primary N) is 1. The lowest BCUT2D eigenvalue weighted by Gasteiger charge is -2.08. The van der Waals surface area contributed by atoms with Gasteiger partial charge >= 0.3 is 0 Å². The third-order valence-corrected chi connectivity index (χ3v) is 2.61. The van der Waals surface area contributed by atoms with Crippen molar-refractivity contribution in [3.8, 4) is 0 Å². The molecule has 0 spiro atoms. The van der Waals surface area contributed by atoms with E-state index in [1.807, 2.05) is 37.3 Å². The normalized spacial score (nSPS) is 10.1. The van der Waals surface area contributed by atoms with Gasteiger partial charge in [-0.1, -0.05) is 24.3 Å². The number of nitrogens with zero attached hydrogens (tertiary/aromatic N) is 1. The predicted molar refractivity (Wildman–Crippen MR) is 71.3 cm³/mol. The molecule has 0 unspecified atom stereocenters. The molecular formula is C14H15N3O. The number of carbonyl (C=O) groups excluding carboxylic acids is 1. The van der Waals surface area contributed by atoms with Gasteiger partial charge in [-0.15, -0.1) is 0 Å². The van der Waals surface area contributed by atoms with E-state index in [1.165, 1.54) is 0 Å². The smallest absolute Gasteiger partial charge is 0.257 e. The van der Waals surface area contributed by atoms with E-state index in [0.29, 0.717) is 17.9 Å². The molecule has 0 radical (unpaired) electrons. The lowest BCUT2D eigenvalue weighted by Crippen LogP contribution is -2.16. The predicted octanol–water partition coefficient (Wildman–Crippen LogP) is 2.10. The largest absolute Gasteiger partial charge is 0.326 e. The van der Waals surface area contributed by atoms with Crippen LogP contribution in [-0.2, 0) is 6.54 Å². The fraction of sp³-hybridized carbons (Fsp3) is 0.143. The first kappa shape index (κ1) is 12.3. The zero-order valence-corrected chi connectivity index (χ0v) is 10.2. The van der Waals surface area contributed by atoms with Gasteiger partial charge in [0.05, 0.1) is 0 Å². The van der Waals surface area contributed by atoms with Crippen LogP contribution in [0.25, 0.3) is 0 Å². The fourth-order valence-electron chi connectivity index (χ4n) is 1.72. The molecule has 0 aliphatic heterocycles. The molecular weight excluding hydrogens is 226 g/mol. The van der Waals surface area contributed by atoms with E-state index in [0.717, 1.165) is 11.3 Å². The van der Waals surface area contributed by atoms with Crippen molar-refractivity contribution in [3.63, 3.8) is 0 Å². The number of benzene rings is 1. The Balaban J connectivity index is 2.22. The third kappa shape index (κ3) is 2.73. The highest BCUT2D eigenvalue weighted by Crippen LogP contribution is 2.11. The summed E-state index contributed by atoms with van der Waals surface area (Å²) in [4.78, 5) is 16.3. The van der Waals surface area contributed by atoms with Gasteiger partial charge < -0.3 is 11.1 Å². The van der Waals surface area contributed by atoms with Crippen LogP contribution in [0, 0.1) is 6.92 Å². The monoisotopic (exact) mass is 241 g/mol. The van der Waals surface area contributed by atoms with Crippen LogP contribution in [0.15, 0.2) is 42.5 Å². The van der Waals surface area contributed by atoms with Gasteiger partial charge in [-0.25, -0.2) is 4.98 Å². The van der Waals surface area contributed by atoms with Crippen molar-refractivity contribution < 1.29 is 4.79 Å². The zero-order chi connectivity index (χ0) is 13.0. The molecule has 0 saturated carbocycles. The Labute approximate surface area is 106 Å². The van der Waals surface area contributed by atoms with Crippen molar-refractivity contribution in [1.29, 1.82) is 0 Å². The summed E-state index contributed by atoms with van der Waals surface area (Å²) < 4.78 is 0. The van der Waals surface area contributed by atoms with E-state index in [2.05, 4.69) is 10.3 Å². The lowest BCUT2D eigenvalue weighted by molar-refractivity contribution is 0.102. The van der Waals surface area contributed by atoms with E-state index in [4.69, 9.17) is 5.73 Å². The van der Waals surface area contributed by atoms with Gasteiger partial charge in [-0.05, 0) is 30.7 Å². The van der Waals surface area contributed by atoms with E-state index in [-0.39, 0.29) is 5.91 Å². The summed E-state index contributed by atoms with van der Waals surface area (Å²) in [5, 5.41) is 2.77. The molecule has 4 nitrogen and oxygen atoms in total. The van der Waals surface area contributed by atoms with Gasteiger partial charge in [-0.2, -0.15) is 0 Å². The van der Waals surface area contributed by atoms with Crippen molar-refractivity contribution in [2.45, 2.75) is 13.5 Å². The fourth-order valence-corrected chi connectivity index (χ4v) is 1.72. The first-order valence-electron chi connectivity index (χ1n) is 5.73. The Morgan fingerprint density at radius 3 is 2.72 bits per heavy atom. The molecule has 0 saturated heterocycles. The number of anilines is 1. The molecule has 18 heavy (non-hydrogen) atoms. The molecule has 0 bridgehead atoms. The van der Waals surface area contributed by atoms with Crippen LogP contribution in [-0.4, -0.2) is 10.9 Å². The van der Waals surface area contributed by atoms with E-state index >= 15 is 0 Å². The van der Waals surface area contributed by atoms with Crippen molar-refractivity contribution in [1.82, 2.24) is 4.98 Å². The Kier molecular flexibility index (Phi) is 3.69. The van der Waals surface area contributed by atoms with Crippen LogP contribution in [0.2, 0.25) is 0 Å². The zero-order valence-electron chi connectivity index (χ0n) is 10.2. The summed E-state index contributed by atoms with van der Waals surface area (Å²) in [5.41, 5.74) is 7.88. The highest BCUT2D eigenvalue weighted by molar-refractivity contribution is 6.04. The van der Waals surface area contributed by atoms with Crippen LogP contribution in [0.5, 0.6) is 0 Å². The first-order chi connectivity index (χ1) is 8.70. The number of hydrogen-bond acceptors (Lipinski definition) is 3. The summed E-state index contributed by atoms with van der Waals surface area (Å²) in [6.07, 6.45) is 0. The van der Waals surface area contributed by atoms with Crippen LogP contribution < -0.4 is 11.1 Å². The molecule has 1 aromatic carbocycles. The van der Waals surface area contributed by atoms with E-state index in [9.17, 15) is 4.79 Å². The summed E-state index contributed by atoms with van der Waals surface area (Å²) in [6.45, 7) is 2.22. The van der Waals surface area contributed by atoms with Crippen molar-refractivity contribution in [2.75, 3.05) is 5.32 Å². The van der Waals surface area contributed by atoms with Gasteiger partial charge in [0, 0.05) is 17.8 Å². The Bertz CT molecular complexity index is 566. The first-order valence-corrected chi connectivity index (χ1v) is 5.73. The Morgan fingerprint density at radius 1 is 1.22 bits per heavy atom. The van der Waals surface area contributed by atoms with Gasteiger partial charge in [-0.3, -0.25) is 4.79 Å². The maximum Gasteiger partial charge on any atom is 0.257 e. The summed E-state index contributed by atoms with van der Waals surface area (Å²) in [6, 6.07) is 12.8. The maximum absolute atomic E-state index is 12.1. The number of aryl methyl sites for hydroxylation is 1. The quantitative estimate of drug-likeness (QED) is 0.864. The molecule has 0 aliphatic rings. The minimum Gasteiger partial charge on any atom is -0.326 e. The van der Waals surface area contributed by atoms with Crippen molar-refractivity contribution >= 4 is 11.7 Å². The molecule has 0 atom stereocenters. The second-order valence-corrected chi connectivity index (χ2v) is 3.98. The third-order valence-electron chi connectivity index (χ3n) is 2.61. The number of rotatable bonds is 3. The molecule has 1 amide bonds. The summed E-state index contributed by atoms with van der Waals surface area (Å²) >= 11 is 0. The molecule has 3 N–H and O–H groups in total. The number of amides is 1. The molecule has 1 heterocycles. The van der Waals surface area contributed by atoms with Crippen LogP contribution in [0.4, 0.5) is 5.82 Å². The molecule has 2 rings (SSSR count). The Hall–Kier alpha value is -2.20. The van der Waals surface area contributed by atoms with Gasteiger partial charge in [0.2, 0.25) is 0 Å². The van der Waals surface area contributed by atoms with Crippen molar-refractivity contribution in [2.24, 2.45) is 5.73 Å². The number of carbonyl (C=O) groups is 1. The minimum atomic E-state index is -0.186. The molecule has 0 fully saturated rings. The lowest BCUT2D eigenvalue weighted by atomic mass is 10.1. The highest BCUT2D eigenvalue weighted by Gasteiger charge is 2.10. The molecule has 0 aliphatic carbocycles. The van der Waals surface area contributed by atoms with Crippen LogP contribution >= 0.6 is 0 Å². The second-order valence-electron chi connectivity index (χ2n) is 3.98. The number of pyridine rings is 1. The van der Waals surface area contributed by atoms with Crippen LogP contribution in [0.3, 0.4) is 0 Å². The van der Waals surface area contributed by atoms with Gasteiger partial charge in [0.25, 0.3) is 5.91 Å². The van der Waals surface area contributed by atoms with Crippen molar-refractivity contribution in [3.05, 3.63) is 59.3 Å². The molecule has 2 aromatic rings. The Morgan fingerprint density at radius 2 is 2.00 bits per heavy atom. The molecule has 1 aromatic heterocycles. The van der Waals surface area contributed by atoms with E-state index in [1.54, 1.807) is 12.1 Å². The molecule has 92 valence electrons.